The van der Waals surface area contributed by atoms with Gasteiger partial charge in [0.1, 0.15) is 0 Å². The van der Waals surface area contributed by atoms with Crippen LogP contribution in [0.5, 0.6) is 0 Å². The van der Waals surface area contributed by atoms with E-state index in [0.29, 0.717) is 6.04 Å². The largest absolute Gasteiger partial charge is 0.313 e. The summed E-state index contributed by atoms with van der Waals surface area (Å²) in [5.74, 6) is 0. The van der Waals surface area contributed by atoms with E-state index in [1.807, 2.05) is 12.3 Å². The first-order chi connectivity index (χ1) is 7.84. The predicted octanol–water partition coefficient (Wildman–Crippen LogP) is 1.31. The van der Waals surface area contributed by atoms with Gasteiger partial charge in [0, 0.05) is 37.4 Å². The first-order valence-electron chi connectivity index (χ1n) is 6.16. The number of rotatable bonds is 5. The molecule has 1 saturated heterocycles. The maximum atomic E-state index is 4.34. The minimum absolute atomic E-state index is 0.703. The van der Waals surface area contributed by atoms with Gasteiger partial charge in [-0.15, -0.1) is 0 Å². The van der Waals surface area contributed by atoms with Crippen LogP contribution in [0, 0.1) is 0 Å². The number of likely N-dealkylation sites (N-methyl/N-ethyl adjacent to an activating group) is 1. The molecular formula is C13H21N3. The Bertz CT molecular complexity index is 293. The van der Waals surface area contributed by atoms with E-state index >= 15 is 0 Å². The van der Waals surface area contributed by atoms with E-state index in [1.165, 1.54) is 25.1 Å². The van der Waals surface area contributed by atoms with Crippen LogP contribution < -0.4 is 5.32 Å². The van der Waals surface area contributed by atoms with Gasteiger partial charge >= 0.3 is 0 Å². The maximum Gasteiger partial charge on any atom is 0.0416 e. The SMILES string of the molecule is CN(CCc1ccccn1)C[C@@H]1CCCN1. The molecule has 88 valence electrons. The lowest BCUT2D eigenvalue weighted by Gasteiger charge is -2.20. The molecule has 0 unspecified atom stereocenters. The molecule has 0 amide bonds. The molecule has 1 N–H and O–H groups in total. The summed E-state index contributed by atoms with van der Waals surface area (Å²) in [5.41, 5.74) is 1.19. The lowest BCUT2D eigenvalue weighted by molar-refractivity contribution is 0.303. The van der Waals surface area contributed by atoms with Crippen LogP contribution in [0.15, 0.2) is 24.4 Å². The first-order valence-corrected chi connectivity index (χ1v) is 6.16. The van der Waals surface area contributed by atoms with Crippen molar-refractivity contribution in [3.05, 3.63) is 30.1 Å². The highest BCUT2D eigenvalue weighted by atomic mass is 15.1. The zero-order valence-electron chi connectivity index (χ0n) is 10.0. The Morgan fingerprint density at radius 1 is 1.50 bits per heavy atom. The summed E-state index contributed by atoms with van der Waals surface area (Å²) in [7, 11) is 2.20. The molecule has 0 aliphatic carbocycles. The van der Waals surface area contributed by atoms with Crippen LogP contribution in [0.2, 0.25) is 0 Å². The van der Waals surface area contributed by atoms with Gasteiger partial charge in [0.05, 0.1) is 0 Å². The fourth-order valence-electron chi connectivity index (χ4n) is 2.23. The lowest BCUT2D eigenvalue weighted by Crippen LogP contribution is -2.36. The number of aromatic nitrogens is 1. The number of pyridine rings is 1. The fourth-order valence-corrected chi connectivity index (χ4v) is 2.23. The predicted molar refractivity (Wildman–Crippen MR) is 66.5 cm³/mol. The highest BCUT2D eigenvalue weighted by Gasteiger charge is 2.15. The molecule has 1 fully saturated rings. The van der Waals surface area contributed by atoms with Gasteiger partial charge in [-0.25, -0.2) is 0 Å². The van der Waals surface area contributed by atoms with E-state index < -0.39 is 0 Å². The minimum atomic E-state index is 0.703. The van der Waals surface area contributed by atoms with Gasteiger partial charge in [-0.05, 0) is 38.6 Å². The van der Waals surface area contributed by atoms with Gasteiger partial charge in [-0.3, -0.25) is 4.98 Å². The number of hydrogen-bond acceptors (Lipinski definition) is 3. The highest BCUT2D eigenvalue weighted by molar-refractivity contribution is 5.03. The molecule has 0 radical (unpaired) electrons. The Morgan fingerprint density at radius 3 is 3.12 bits per heavy atom. The lowest BCUT2D eigenvalue weighted by atomic mass is 10.2. The molecule has 1 aliphatic rings. The van der Waals surface area contributed by atoms with E-state index in [9.17, 15) is 0 Å². The molecular weight excluding hydrogens is 198 g/mol. The Morgan fingerprint density at radius 2 is 2.44 bits per heavy atom. The first kappa shape index (κ1) is 11.6. The minimum Gasteiger partial charge on any atom is -0.313 e. The summed E-state index contributed by atoms with van der Waals surface area (Å²) >= 11 is 0. The molecule has 0 saturated carbocycles. The van der Waals surface area contributed by atoms with Crippen LogP contribution in [-0.2, 0) is 6.42 Å². The third-order valence-corrected chi connectivity index (χ3v) is 3.17. The molecule has 3 nitrogen and oxygen atoms in total. The van der Waals surface area contributed by atoms with Crippen molar-refractivity contribution in [2.45, 2.75) is 25.3 Å². The third-order valence-electron chi connectivity index (χ3n) is 3.17. The Kier molecular flexibility index (Phi) is 4.31. The monoisotopic (exact) mass is 219 g/mol. The van der Waals surface area contributed by atoms with Crippen molar-refractivity contribution in [3.63, 3.8) is 0 Å². The molecule has 2 rings (SSSR count). The quantitative estimate of drug-likeness (QED) is 0.809. The van der Waals surface area contributed by atoms with Gasteiger partial charge in [0.2, 0.25) is 0 Å². The summed E-state index contributed by atoms with van der Waals surface area (Å²) in [5, 5.41) is 3.53. The van der Waals surface area contributed by atoms with Crippen molar-refractivity contribution >= 4 is 0 Å². The van der Waals surface area contributed by atoms with Crippen molar-refractivity contribution in [1.82, 2.24) is 15.2 Å². The van der Waals surface area contributed by atoms with Gasteiger partial charge in [-0.2, -0.15) is 0 Å². The average molecular weight is 219 g/mol. The van der Waals surface area contributed by atoms with E-state index in [4.69, 9.17) is 0 Å². The normalized spacial score (nSPS) is 20.5. The number of nitrogens with zero attached hydrogens (tertiary/aromatic N) is 2. The number of hydrogen-bond donors (Lipinski definition) is 1. The van der Waals surface area contributed by atoms with Crippen LogP contribution in [0.25, 0.3) is 0 Å². The van der Waals surface area contributed by atoms with Crippen molar-refractivity contribution in [1.29, 1.82) is 0 Å². The summed E-state index contributed by atoms with van der Waals surface area (Å²) in [4.78, 5) is 6.74. The summed E-state index contributed by atoms with van der Waals surface area (Å²) in [6.07, 6.45) is 5.57. The molecule has 16 heavy (non-hydrogen) atoms. The number of nitrogens with one attached hydrogen (secondary N) is 1. The van der Waals surface area contributed by atoms with Gasteiger partial charge in [-0.1, -0.05) is 6.07 Å². The van der Waals surface area contributed by atoms with E-state index in [1.54, 1.807) is 0 Å². The summed E-state index contributed by atoms with van der Waals surface area (Å²) in [6, 6.07) is 6.83. The third kappa shape index (κ3) is 3.58. The molecule has 2 heterocycles. The maximum absolute atomic E-state index is 4.34. The Balaban J connectivity index is 1.69. The van der Waals surface area contributed by atoms with E-state index in [2.05, 4.69) is 34.4 Å². The van der Waals surface area contributed by atoms with Crippen LogP contribution in [0.1, 0.15) is 18.5 Å². The zero-order valence-corrected chi connectivity index (χ0v) is 10.0. The second-order valence-corrected chi connectivity index (χ2v) is 4.63. The standard InChI is InChI=1S/C13H21N3/c1-16(11-13-6-4-9-15-13)10-7-12-5-2-3-8-14-12/h2-3,5,8,13,15H,4,6-7,9-11H2,1H3/t13-/m0/s1. The van der Waals surface area contributed by atoms with E-state index in [0.717, 1.165) is 19.5 Å². The van der Waals surface area contributed by atoms with Crippen LogP contribution in [0.3, 0.4) is 0 Å². The topological polar surface area (TPSA) is 28.2 Å². The Labute approximate surface area is 97.9 Å². The van der Waals surface area contributed by atoms with Crippen LogP contribution in [0.4, 0.5) is 0 Å². The second-order valence-electron chi connectivity index (χ2n) is 4.63. The van der Waals surface area contributed by atoms with Crippen LogP contribution >= 0.6 is 0 Å². The van der Waals surface area contributed by atoms with Gasteiger partial charge in [0.25, 0.3) is 0 Å². The van der Waals surface area contributed by atoms with Crippen molar-refractivity contribution in [2.24, 2.45) is 0 Å². The molecule has 1 aliphatic heterocycles. The summed E-state index contributed by atoms with van der Waals surface area (Å²) < 4.78 is 0. The summed E-state index contributed by atoms with van der Waals surface area (Å²) in [6.45, 7) is 3.45. The molecule has 0 aromatic carbocycles. The van der Waals surface area contributed by atoms with Crippen LogP contribution in [-0.4, -0.2) is 42.6 Å². The van der Waals surface area contributed by atoms with Crippen molar-refractivity contribution in [3.8, 4) is 0 Å². The smallest absolute Gasteiger partial charge is 0.0416 e. The second kappa shape index (κ2) is 5.97. The van der Waals surface area contributed by atoms with E-state index in [-0.39, 0.29) is 0 Å². The molecule has 1 aromatic rings. The molecule has 1 aromatic heterocycles. The van der Waals surface area contributed by atoms with Gasteiger partial charge in [0.15, 0.2) is 0 Å². The zero-order chi connectivity index (χ0) is 11.2. The van der Waals surface area contributed by atoms with Crippen molar-refractivity contribution in [2.75, 3.05) is 26.7 Å². The molecule has 0 bridgehead atoms. The molecule has 0 spiro atoms. The van der Waals surface area contributed by atoms with Gasteiger partial charge < -0.3 is 10.2 Å². The molecule has 1 atom stereocenters. The highest BCUT2D eigenvalue weighted by Crippen LogP contribution is 2.06. The Hall–Kier alpha value is -0.930. The molecule has 3 heteroatoms. The van der Waals surface area contributed by atoms with Crippen molar-refractivity contribution < 1.29 is 0 Å². The average Bonchev–Trinajstić information content (AvgIpc) is 2.81. The fraction of sp³-hybridized carbons (Fsp3) is 0.615.